The Morgan fingerprint density at radius 1 is 1.15 bits per heavy atom. The summed E-state index contributed by atoms with van der Waals surface area (Å²) in [6, 6.07) is 13.7. The molecule has 2 aromatic rings. The Hall–Kier alpha value is -2.66. The first-order chi connectivity index (χ1) is 12.5. The summed E-state index contributed by atoms with van der Waals surface area (Å²) in [7, 11) is 1.40. The average molecular weight is 353 g/mol. The molecule has 0 saturated heterocycles. The molecule has 0 bridgehead atoms. The lowest BCUT2D eigenvalue weighted by Gasteiger charge is -2.31. The third-order valence-electron chi connectivity index (χ3n) is 4.99. The van der Waals surface area contributed by atoms with E-state index in [4.69, 9.17) is 4.74 Å². The van der Waals surface area contributed by atoms with Gasteiger partial charge in [-0.2, -0.15) is 0 Å². The molecular weight excluding hydrogens is 328 g/mol. The zero-order valence-electron chi connectivity index (χ0n) is 15.5. The number of anilines is 1. The number of amides is 1. The van der Waals surface area contributed by atoms with Crippen LogP contribution in [0.4, 0.5) is 5.69 Å². The van der Waals surface area contributed by atoms with Crippen LogP contribution in [0.1, 0.15) is 22.3 Å². The highest BCUT2D eigenvalue weighted by Gasteiger charge is 2.37. The fourth-order valence-electron chi connectivity index (χ4n) is 3.51. The zero-order valence-corrected chi connectivity index (χ0v) is 15.5. The van der Waals surface area contributed by atoms with Crippen molar-refractivity contribution in [3.8, 4) is 0 Å². The minimum atomic E-state index is -0.362. The molecule has 0 aliphatic carbocycles. The van der Waals surface area contributed by atoms with Crippen LogP contribution in [-0.2, 0) is 27.3 Å². The molecule has 2 aromatic carbocycles. The molecule has 5 heteroatoms. The monoisotopic (exact) mass is 353 g/mol. The number of hydrogen-bond donors (Lipinski definition) is 2. The quantitative estimate of drug-likeness (QED) is 0.818. The van der Waals surface area contributed by atoms with Gasteiger partial charge in [-0.3, -0.25) is 4.79 Å². The number of hydrogen-bond acceptors (Lipinski definition) is 3. The molecule has 0 saturated carbocycles. The van der Waals surface area contributed by atoms with Gasteiger partial charge in [-0.1, -0.05) is 36.4 Å². The number of nitrogens with one attached hydrogen (secondary N) is 2. The predicted octanol–water partition coefficient (Wildman–Crippen LogP) is 1.42. The Morgan fingerprint density at radius 3 is 2.62 bits per heavy atom. The van der Waals surface area contributed by atoms with Crippen LogP contribution in [-0.4, -0.2) is 31.6 Å². The van der Waals surface area contributed by atoms with Crippen molar-refractivity contribution in [3.63, 3.8) is 0 Å². The Kier molecular flexibility index (Phi) is 5.38. The molecule has 1 heterocycles. The molecule has 1 amide bonds. The molecule has 2 atom stereocenters. The van der Waals surface area contributed by atoms with Gasteiger partial charge in [0.25, 0.3) is 5.91 Å². The lowest BCUT2D eigenvalue weighted by Crippen LogP contribution is -3.17. The molecule has 0 fully saturated rings. The van der Waals surface area contributed by atoms with Gasteiger partial charge in [-0.15, -0.1) is 0 Å². The first-order valence-electron chi connectivity index (χ1n) is 8.84. The number of ether oxygens (including phenoxy) is 1. The molecule has 0 spiro atoms. The zero-order chi connectivity index (χ0) is 18.7. The molecular formula is C21H25N2O3+. The van der Waals surface area contributed by atoms with E-state index in [-0.39, 0.29) is 24.5 Å². The summed E-state index contributed by atoms with van der Waals surface area (Å²) in [5.41, 5.74) is 5.27. The first-order valence-corrected chi connectivity index (χ1v) is 8.84. The van der Waals surface area contributed by atoms with Gasteiger partial charge < -0.3 is 15.0 Å². The fraction of sp³-hybridized carbons (Fsp3) is 0.333. The Morgan fingerprint density at radius 2 is 1.88 bits per heavy atom. The molecule has 2 N–H and O–H groups in total. The summed E-state index contributed by atoms with van der Waals surface area (Å²) < 4.78 is 4.98. The Bertz CT molecular complexity index is 832. The van der Waals surface area contributed by atoms with E-state index < -0.39 is 0 Å². The van der Waals surface area contributed by atoms with Crippen LogP contribution in [0.15, 0.2) is 42.5 Å². The minimum absolute atomic E-state index is 0.0954. The van der Waals surface area contributed by atoms with E-state index in [1.54, 1.807) is 0 Å². The molecule has 1 aliphatic heterocycles. The second-order valence-electron chi connectivity index (χ2n) is 6.93. The van der Waals surface area contributed by atoms with Crippen molar-refractivity contribution >= 4 is 17.6 Å². The molecule has 136 valence electrons. The largest absolute Gasteiger partial charge is 0.465 e. The van der Waals surface area contributed by atoms with Gasteiger partial charge in [0.15, 0.2) is 12.6 Å². The SMILES string of the molecule is COC(=O)[C@H]1Cc2ccccc2C[NH+]1CC(=O)Nc1cc(C)ccc1C. The highest BCUT2D eigenvalue weighted by Crippen LogP contribution is 2.17. The van der Waals surface area contributed by atoms with Crippen molar-refractivity contribution in [2.24, 2.45) is 0 Å². The lowest BCUT2D eigenvalue weighted by atomic mass is 9.94. The maximum absolute atomic E-state index is 12.6. The van der Waals surface area contributed by atoms with Crippen molar-refractivity contribution in [1.29, 1.82) is 0 Å². The van der Waals surface area contributed by atoms with E-state index in [0.717, 1.165) is 27.3 Å². The van der Waals surface area contributed by atoms with Gasteiger partial charge in [0, 0.05) is 17.7 Å². The summed E-state index contributed by atoms with van der Waals surface area (Å²) in [5.74, 6) is -0.365. The number of esters is 1. The van der Waals surface area contributed by atoms with E-state index in [1.165, 1.54) is 12.7 Å². The van der Waals surface area contributed by atoms with Gasteiger partial charge in [0.05, 0.1) is 7.11 Å². The van der Waals surface area contributed by atoms with E-state index in [0.29, 0.717) is 13.0 Å². The van der Waals surface area contributed by atoms with Gasteiger partial charge in [-0.05, 0) is 36.6 Å². The predicted molar refractivity (Wildman–Crippen MR) is 100 cm³/mol. The van der Waals surface area contributed by atoms with Crippen LogP contribution < -0.4 is 10.2 Å². The van der Waals surface area contributed by atoms with Gasteiger partial charge in [0.1, 0.15) is 6.54 Å². The average Bonchev–Trinajstić information content (AvgIpc) is 2.63. The van der Waals surface area contributed by atoms with E-state index in [1.807, 2.05) is 50.2 Å². The first kappa shape index (κ1) is 18.1. The second kappa shape index (κ2) is 7.70. The fourth-order valence-corrected chi connectivity index (χ4v) is 3.51. The number of aryl methyl sites for hydroxylation is 2. The number of quaternary nitrogens is 1. The van der Waals surface area contributed by atoms with Gasteiger partial charge in [-0.25, -0.2) is 4.79 Å². The summed E-state index contributed by atoms with van der Waals surface area (Å²) in [5, 5.41) is 2.99. The normalized spacial score (nSPS) is 18.7. The molecule has 1 aliphatic rings. The number of benzene rings is 2. The maximum atomic E-state index is 12.6. The number of methoxy groups -OCH3 is 1. The third kappa shape index (κ3) is 3.94. The van der Waals surface area contributed by atoms with Crippen molar-refractivity contribution < 1.29 is 19.2 Å². The number of carbonyl (C=O) groups is 2. The maximum Gasteiger partial charge on any atom is 0.365 e. The van der Waals surface area contributed by atoms with Crippen LogP contribution in [0, 0.1) is 13.8 Å². The van der Waals surface area contributed by atoms with Crippen molar-refractivity contribution in [3.05, 3.63) is 64.7 Å². The summed E-state index contributed by atoms with van der Waals surface area (Å²) in [6.45, 7) is 4.82. The topological polar surface area (TPSA) is 59.8 Å². The summed E-state index contributed by atoms with van der Waals surface area (Å²) in [6.07, 6.45) is 0.592. The number of carbonyl (C=O) groups excluding carboxylic acids is 2. The third-order valence-corrected chi connectivity index (χ3v) is 4.99. The number of rotatable bonds is 4. The van der Waals surface area contributed by atoms with Crippen LogP contribution in [0.3, 0.4) is 0 Å². The van der Waals surface area contributed by atoms with Crippen LogP contribution >= 0.6 is 0 Å². The molecule has 0 aromatic heterocycles. The van der Waals surface area contributed by atoms with Crippen molar-refractivity contribution in [2.45, 2.75) is 32.9 Å². The summed E-state index contributed by atoms with van der Waals surface area (Å²) >= 11 is 0. The second-order valence-corrected chi connectivity index (χ2v) is 6.93. The standard InChI is InChI=1S/C21H24N2O3/c1-14-8-9-15(2)18(10-14)22-20(24)13-23-12-17-7-5-4-6-16(17)11-19(23)21(25)26-3/h4-10,19H,11-13H2,1-3H3,(H,22,24)/p+1/t19-/m1/s1. The highest BCUT2D eigenvalue weighted by atomic mass is 16.5. The van der Waals surface area contributed by atoms with E-state index in [2.05, 4.69) is 11.4 Å². The van der Waals surface area contributed by atoms with Gasteiger partial charge in [0.2, 0.25) is 0 Å². The van der Waals surface area contributed by atoms with Crippen molar-refractivity contribution in [2.75, 3.05) is 19.0 Å². The molecule has 5 nitrogen and oxygen atoms in total. The molecule has 26 heavy (non-hydrogen) atoms. The highest BCUT2D eigenvalue weighted by molar-refractivity contribution is 5.92. The molecule has 0 radical (unpaired) electrons. The van der Waals surface area contributed by atoms with Crippen LogP contribution in [0.5, 0.6) is 0 Å². The van der Waals surface area contributed by atoms with Gasteiger partial charge >= 0.3 is 5.97 Å². The smallest absolute Gasteiger partial charge is 0.365 e. The lowest BCUT2D eigenvalue weighted by molar-refractivity contribution is -0.924. The Balaban J connectivity index is 1.76. The minimum Gasteiger partial charge on any atom is -0.465 e. The summed E-state index contributed by atoms with van der Waals surface area (Å²) in [4.78, 5) is 25.8. The van der Waals surface area contributed by atoms with Crippen LogP contribution in [0.25, 0.3) is 0 Å². The van der Waals surface area contributed by atoms with Crippen LogP contribution in [0.2, 0.25) is 0 Å². The molecule has 1 unspecified atom stereocenters. The molecule has 3 rings (SSSR count). The Labute approximate surface area is 154 Å². The van der Waals surface area contributed by atoms with E-state index >= 15 is 0 Å². The van der Waals surface area contributed by atoms with E-state index in [9.17, 15) is 9.59 Å². The number of fused-ring (bicyclic) bond motifs is 1. The van der Waals surface area contributed by atoms with Crippen molar-refractivity contribution in [1.82, 2.24) is 0 Å².